The quantitative estimate of drug-likeness (QED) is 0.274. The molecule has 4 heterocycles. The summed E-state index contributed by atoms with van der Waals surface area (Å²) in [7, 11) is 0. The normalized spacial score (nSPS) is 11.3. The zero-order chi connectivity index (χ0) is 19.9. The first-order valence-corrected chi connectivity index (χ1v) is 10.1. The molecule has 0 aliphatic heterocycles. The van der Waals surface area contributed by atoms with Crippen molar-refractivity contribution in [1.82, 2.24) is 9.97 Å². The third-order valence-electron chi connectivity index (χ3n) is 5.67. The van der Waals surface area contributed by atoms with Crippen molar-refractivity contribution in [2.75, 3.05) is 0 Å². The van der Waals surface area contributed by atoms with Crippen molar-refractivity contribution >= 4 is 54.4 Å². The molecule has 0 unspecified atom stereocenters. The van der Waals surface area contributed by atoms with E-state index in [1.54, 1.807) is 0 Å². The maximum atomic E-state index is 4.98. The molecule has 30 heavy (non-hydrogen) atoms. The third kappa shape index (κ3) is 2.73. The molecule has 4 aromatic heterocycles. The van der Waals surface area contributed by atoms with Crippen molar-refractivity contribution in [2.24, 2.45) is 0 Å². The van der Waals surface area contributed by atoms with Crippen molar-refractivity contribution in [2.45, 2.75) is 0 Å². The molecular formula is C28H18N2. The fourth-order valence-corrected chi connectivity index (χ4v) is 4.20. The van der Waals surface area contributed by atoms with Crippen LogP contribution in [0.15, 0.2) is 109 Å². The van der Waals surface area contributed by atoms with Gasteiger partial charge in [-0.25, -0.2) is 9.97 Å². The Labute approximate surface area is 173 Å². The van der Waals surface area contributed by atoms with Gasteiger partial charge in [-0.15, -0.1) is 0 Å². The highest BCUT2D eigenvalue weighted by Crippen LogP contribution is 2.26. The Bertz CT molecular complexity index is 1500. The van der Waals surface area contributed by atoms with E-state index >= 15 is 0 Å². The lowest BCUT2D eigenvalue weighted by Crippen LogP contribution is -1.83. The Balaban J connectivity index is 1.95. The Kier molecular flexibility index (Phi) is 3.82. The van der Waals surface area contributed by atoms with Crippen molar-refractivity contribution in [3.8, 4) is 0 Å². The first-order valence-electron chi connectivity index (χ1n) is 10.1. The van der Waals surface area contributed by atoms with E-state index in [9.17, 15) is 0 Å². The largest absolute Gasteiger partial charge is 0.246 e. The summed E-state index contributed by atoms with van der Waals surface area (Å²) in [5.74, 6) is 0. The van der Waals surface area contributed by atoms with E-state index in [1.165, 1.54) is 21.5 Å². The Morgan fingerprint density at radius 2 is 0.667 bits per heavy atom. The van der Waals surface area contributed by atoms with Crippen molar-refractivity contribution in [3.05, 3.63) is 109 Å². The molecule has 140 valence electrons. The van der Waals surface area contributed by atoms with Gasteiger partial charge >= 0.3 is 0 Å². The molecule has 0 N–H and O–H groups in total. The highest BCUT2D eigenvalue weighted by atomic mass is 14.7. The van der Waals surface area contributed by atoms with Crippen molar-refractivity contribution < 1.29 is 0 Å². The molecule has 3 aromatic carbocycles. The van der Waals surface area contributed by atoms with Crippen LogP contribution in [0.2, 0.25) is 0 Å². The van der Waals surface area contributed by atoms with E-state index in [0.29, 0.717) is 0 Å². The van der Waals surface area contributed by atoms with E-state index in [1.807, 2.05) is 12.1 Å². The second kappa shape index (κ2) is 6.78. The fraction of sp³-hybridized carbons (Fsp3) is 0. The minimum Gasteiger partial charge on any atom is -0.246 e. The number of pyridine rings is 2. The Morgan fingerprint density at radius 1 is 0.300 bits per heavy atom. The summed E-state index contributed by atoms with van der Waals surface area (Å²) < 4.78 is 0. The third-order valence-corrected chi connectivity index (χ3v) is 5.67. The van der Waals surface area contributed by atoms with Crippen LogP contribution < -0.4 is 0 Å². The molecular weight excluding hydrogens is 364 g/mol. The number of fused-ring (bicyclic) bond motifs is 2. The van der Waals surface area contributed by atoms with Gasteiger partial charge < -0.3 is 0 Å². The second-order valence-electron chi connectivity index (χ2n) is 7.48. The zero-order valence-corrected chi connectivity index (χ0v) is 16.3. The number of nitrogens with zero attached hydrogens (tertiary/aromatic N) is 2. The number of aromatic nitrogens is 2. The van der Waals surface area contributed by atoms with Crippen LogP contribution in [0.1, 0.15) is 0 Å². The van der Waals surface area contributed by atoms with Gasteiger partial charge in [-0.2, -0.15) is 0 Å². The number of benzene rings is 3. The van der Waals surface area contributed by atoms with Gasteiger partial charge in [-0.3, -0.25) is 0 Å². The molecule has 0 saturated heterocycles. The SMILES string of the molecule is c1cc2nc(c1)c1ccccc1c1ccc(cc1)c1ccccc1c1cccc2n1. The first kappa shape index (κ1) is 16.9. The second-order valence-corrected chi connectivity index (χ2v) is 7.48. The van der Waals surface area contributed by atoms with Gasteiger partial charge in [0.15, 0.2) is 0 Å². The van der Waals surface area contributed by atoms with E-state index in [2.05, 4.69) is 97.1 Å². The van der Waals surface area contributed by atoms with Gasteiger partial charge in [0.05, 0.1) is 22.1 Å². The van der Waals surface area contributed by atoms with Crippen LogP contribution in [0, 0.1) is 0 Å². The van der Waals surface area contributed by atoms with Gasteiger partial charge in [-0.1, -0.05) is 84.9 Å². The molecule has 0 fully saturated rings. The van der Waals surface area contributed by atoms with Crippen molar-refractivity contribution in [3.63, 3.8) is 0 Å². The lowest BCUT2D eigenvalue weighted by molar-refractivity contribution is 1.44. The molecule has 7 rings (SSSR count). The fourth-order valence-electron chi connectivity index (χ4n) is 4.20. The molecule has 0 aliphatic carbocycles. The van der Waals surface area contributed by atoms with Gasteiger partial charge in [0.1, 0.15) is 0 Å². The molecule has 0 atom stereocenters. The molecule has 2 nitrogen and oxygen atoms in total. The predicted octanol–water partition coefficient (Wildman–Crippen LogP) is 7.37. The van der Waals surface area contributed by atoms with E-state index in [4.69, 9.17) is 9.97 Å². The van der Waals surface area contributed by atoms with E-state index in [-0.39, 0.29) is 0 Å². The summed E-state index contributed by atoms with van der Waals surface area (Å²) in [5.41, 5.74) is 3.67. The predicted molar refractivity (Wildman–Crippen MR) is 127 cm³/mol. The molecule has 0 amide bonds. The maximum absolute atomic E-state index is 4.98. The number of rotatable bonds is 0. The van der Waals surface area contributed by atoms with Crippen LogP contribution in [0.4, 0.5) is 0 Å². The average Bonchev–Trinajstić information content (AvgIpc) is 2.84. The molecule has 2 heteroatoms. The van der Waals surface area contributed by atoms with E-state index < -0.39 is 0 Å². The number of hydrogen-bond donors (Lipinski definition) is 0. The number of hydrogen-bond acceptors (Lipinski definition) is 2. The van der Waals surface area contributed by atoms with Gasteiger partial charge in [0, 0.05) is 10.8 Å². The van der Waals surface area contributed by atoms with Crippen LogP contribution in [0.25, 0.3) is 54.4 Å². The Morgan fingerprint density at radius 3 is 1.10 bits per heavy atom. The molecule has 0 radical (unpaired) electrons. The topological polar surface area (TPSA) is 25.8 Å². The van der Waals surface area contributed by atoms with Crippen LogP contribution in [0.3, 0.4) is 0 Å². The molecule has 0 aliphatic rings. The minimum absolute atomic E-state index is 0.882. The molecule has 0 spiro atoms. The van der Waals surface area contributed by atoms with Crippen LogP contribution in [0.5, 0.6) is 0 Å². The van der Waals surface area contributed by atoms with Crippen LogP contribution >= 0.6 is 0 Å². The van der Waals surface area contributed by atoms with Crippen molar-refractivity contribution in [1.29, 1.82) is 0 Å². The highest BCUT2D eigenvalue weighted by Gasteiger charge is 2.02. The first-order chi connectivity index (χ1) is 14.9. The molecule has 6 bridgehead atoms. The average molecular weight is 382 g/mol. The summed E-state index contributed by atoms with van der Waals surface area (Å²) in [6.07, 6.45) is 0. The lowest BCUT2D eigenvalue weighted by Gasteiger charge is -2.03. The molecule has 0 saturated carbocycles. The van der Waals surface area contributed by atoms with Gasteiger partial charge in [0.25, 0.3) is 0 Å². The standard InChI is InChI=1S/C28H18N2/c1-3-9-23-21(7-1)19-15-17-20(18-16-19)22-8-2-4-10-24(22)26-12-6-14-28(30-26)27-13-5-11-25(23)29-27/h1-18H. The van der Waals surface area contributed by atoms with E-state index in [0.717, 1.165) is 32.8 Å². The zero-order valence-electron chi connectivity index (χ0n) is 16.3. The minimum atomic E-state index is 0.882. The maximum Gasteiger partial charge on any atom is 0.0893 e. The highest BCUT2D eigenvalue weighted by molar-refractivity contribution is 6.08. The summed E-state index contributed by atoms with van der Waals surface area (Å²) in [5, 5.41) is 6.99. The van der Waals surface area contributed by atoms with Gasteiger partial charge in [-0.05, 0) is 45.8 Å². The summed E-state index contributed by atoms with van der Waals surface area (Å²) in [6, 6.07) is 38.0. The van der Waals surface area contributed by atoms with Crippen LogP contribution in [-0.2, 0) is 0 Å². The smallest absolute Gasteiger partial charge is 0.0893 e. The van der Waals surface area contributed by atoms with Gasteiger partial charge in [0.2, 0.25) is 0 Å². The summed E-state index contributed by atoms with van der Waals surface area (Å²) in [4.78, 5) is 9.97. The van der Waals surface area contributed by atoms with Crippen LogP contribution in [-0.4, -0.2) is 9.97 Å². The molecule has 7 aromatic rings. The monoisotopic (exact) mass is 382 g/mol. The summed E-state index contributed by atoms with van der Waals surface area (Å²) in [6.45, 7) is 0. The lowest BCUT2D eigenvalue weighted by atomic mass is 10.0. The Hall–Kier alpha value is -4.04. The summed E-state index contributed by atoms with van der Waals surface area (Å²) >= 11 is 0.